The highest BCUT2D eigenvalue weighted by molar-refractivity contribution is 14.1. The number of nitrogens with one attached hydrogen (secondary N) is 2. The second-order valence-corrected chi connectivity index (χ2v) is 15.5. The first kappa shape index (κ1) is 36.2. The Kier molecular flexibility index (Phi) is 11.2. The van der Waals surface area contributed by atoms with Crippen LogP contribution >= 0.6 is 54.5 Å². The van der Waals surface area contributed by atoms with Crippen LogP contribution in [0.3, 0.4) is 0 Å². The zero-order chi connectivity index (χ0) is 34.8. The fourth-order valence-corrected chi connectivity index (χ4v) is 6.84. The summed E-state index contributed by atoms with van der Waals surface area (Å²) in [6.07, 6.45) is 5.05. The predicted molar refractivity (Wildman–Crippen MR) is 205 cm³/mol. The van der Waals surface area contributed by atoms with Gasteiger partial charge in [-0.3, -0.25) is 9.59 Å². The molecule has 0 saturated carbocycles. The second-order valence-electron chi connectivity index (χ2n) is 12.5. The van der Waals surface area contributed by atoms with Gasteiger partial charge in [0, 0.05) is 51.1 Å². The van der Waals surface area contributed by atoms with Crippen molar-refractivity contribution in [3.05, 3.63) is 95.7 Å². The molecule has 1 saturated heterocycles. The Morgan fingerprint density at radius 3 is 1.83 bits per heavy atom. The highest BCUT2D eigenvalue weighted by Gasteiger charge is 2.51. The lowest BCUT2D eigenvalue weighted by Gasteiger charge is -2.32. The molecular weight excluding hydrogens is 854 g/mol. The SMILES string of the molecule is CC1(C)OB(c2ccc3c(c2)CCNC3=O)OC1(C)C.Nc1ncc(Br)cc1-c1ccc2c(c1)CCNC2=O.Nc1ncc(Br)cc1I. The van der Waals surface area contributed by atoms with Crippen molar-refractivity contribution in [3.63, 3.8) is 0 Å². The van der Waals surface area contributed by atoms with E-state index in [1.165, 1.54) is 0 Å². The summed E-state index contributed by atoms with van der Waals surface area (Å²) in [6.45, 7) is 9.54. The van der Waals surface area contributed by atoms with E-state index in [1.54, 1.807) is 12.4 Å². The molecule has 5 heterocycles. The summed E-state index contributed by atoms with van der Waals surface area (Å²) in [6, 6.07) is 15.5. The van der Waals surface area contributed by atoms with E-state index in [0.29, 0.717) is 24.7 Å². The van der Waals surface area contributed by atoms with Crippen molar-refractivity contribution in [2.24, 2.45) is 0 Å². The summed E-state index contributed by atoms with van der Waals surface area (Å²) in [4.78, 5) is 31.5. The van der Waals surface area contributed by atoms with E-state index in [0.717, 1.165) is 64.2 Å². The number of rotatable bonds is 2. The van der Waals surface area contributed by atoms with Crippen LogP contribution in [0.2, 0.25) is 0 Å². The summed E-state index contributed by atoms with van der Waals surface area (Å²) in [5, 5.41) is 5.69. The number of carbonyl (C=O) groups is 2. The molecule has 4 aromatic rings. The summed E-state index contributed by atoms with van der Waals surface area (Å²) in [5.41, 5.74) is 17.2. The van der Waals surface area contributed by atoms with Gasteiger partial charge in [0.05, 0.1) is 14.8 Å². The molecule has 48 heavy (non-hydrogen) atoms. The van der Waals surface area contributed by atoms with Gasteiger partial charge in [0.2, 0.25) is 0 Å². The van der Waals surface area contributed by atoms with Crippen LogP contribution in [0.5, 0.6) is 0 Å². The minimum atomic E-state index is -0.365. The normalized spacial score (nSPS) is 17.0. The third-order valence-electron chi connectivity index (χ3n) is 8.64. The fraction of sp³-hybridized carbons (Fsp3) is 0.294. The van der Waals surface area contributed by atoms with Gasteiger partial charge >= 0.3 is 7.12 Å². The van der Waals surface area contributed by atoms with Gasteiger partial charge in [-0.1, -0.05) is 24.3 Å². The number of nitrogens with two attached hydrogens (primary N) is 2. The molecule has 7 rings (SSSR count). The summed E-state index contributed by atoms with van der Waals surface area (Å²) < 4.78 is 14.9. The molecule has 6 N–H and O–H groups in total. The Bertz CT molecular complexity index is 1860. The van der Waals surface area contributed by atoms with E-state index in [4.69, 9.17) is 20.8 Å². The third-order valence-corrected chi connectivity index (χ3v) is 10.4. The maximum atomic E-state index is 11.8. The Hall–Kier alpha value is -3.05. The quantitative estimate of drug-likeness (QED) is 0.148. The largest absolute Gasteiger partial charge is 0.494 e. The van der Waals surface area contributed by atoms with Crippen LogP contribution in [0.25, 0.3) is 11.1 Å². The average Bonchev–Trinajstić information content (AvgIpc) is 3.27. The molecule has 10 nitrogen and oxygen atoms in total. The van der Waals surface area contributed by atoms with Crippen LogP contribution in [-0.2, 0) is 22.2 Å². The summed E-state index contributed by atoms with van der Waals surface area (Å²) in [5.74, 6) is 1.07. The first-order valence-electron chi connectivity index (χ1n) is 15.3. The number of halogens is 3. The number of benzene rings is 2. The highest BCUT2D eigenvalue weighted by Crippen LogP contribution is 2.36. The maximum Gasteiger partial charge on any atom is 0.494 e. The molecule has 0 unspecified atom stereocenters. The van der Waals surface area contributed by atoms with Gasteiger partial charge < -0.3 is 31.4 Å². The fourth-order valence-electron chi connectivity index (χ4n) is 5.28. The molecule has 0 bridgehead atoms. The third kappa shape index (κ3) is 8.21. The smallest absolute Gasteiger partial charge is 0.399 e. The topological polar surface area (TPSA) is 154 Å². The zero-order valence-corrected chi connectivity index (χ0v) is 32.3. The zero-order valence-electron chi connectivity index (χ0n) is 27.0. The molecule has 0 radical (unpaired) electrons. The maximum absolute atomic E-state index is 11.8. The molecule has 2 aromatic carbocycles. The molecule has 2 aromatic heterocycles. The van der Waals surface area contributed by atoms with Gasteiger partial charge in [-0.05, 0) is 141 Å². The van der Waals surface area contributed by atoms with Crippen molar-refractivity contribution in [2.45, 2.75) is 51.7 Å². The van der Waals surface area contributed by atoms with E-state index >= 15 is 0 Å². The highest BCUT2D eigenvalue weighted by atomic mass is 127. The Balaban J connectivity index is 0.000000151. The number of fused-ring (bicyclic) bond motifs is 2. The average molecular weight is 890 g/mol. The number of aromatic nitrogens is 2. The minimum Gasteiger partial charge on any atom is -0.399 e. The Labute approximate surface area is 311 Å². The number of carbonyl (C=O) groups excluding carboxylic acids is 2. The van der Waals surface area contributed by atoms with E-state index in [-0.39, 0.29) is 30.1 Å². The standard InChI is InChI=1S/C15H20BNO3.C14H12BrN3O.C5H4BrIN2/c1-14(2)15(3,4)20-16(19-14)11-5-6-12-10(9-11)7-8-17-13(12)18;15-10-6-12(13(16)18-7-10)8-1-2-11-9(5-8)3-4-17-14(11)19;6-3-1-4(7)5(8)9-2-3/h5-6,9H,7-8H2,1-4H3,(H,17,18);1-2,5-7H,3-4H2,(H2,16,18)(H,17,19);1-2H,(H2,8,9). The van der Waals surface area contributed by atoms with Gasteiger partial charge in [-0.25, -0.2) is 9.97 Å². The molecule has 14 heteroatoms. The molecular formula is C34H36BBr2IN6O4. The second kappa shape index (κ2) is 14.8. The van der Waals surface area contributed by atoms with Crippen LogP contribution in [0.4, 0.5) is 11.6 Å². The van der Waals surface area contributed by atoms with E-state index < -0.39 is 0 Å². The molecule has 1 fully saturated rings. The van der Waals surface area contributed by atoms with Gasteiger partial charge in [-0.15, -0.1) is 0 Å². The number of nitrogens with zero attached hydrogens (tertiary/aromatic N) is 2. The van der Waals surface area contributed by atoms with Gasteiger partial charge in [0.15, 0.2) is 0 Å². The predicted octanol–water partition coefficient (Wildman–Crippen LogP) is 5.68. The van der Waals surface area contributed by atoms with E-state index in [2.05, 4.69) is 75.1 Å². The van der Waals surface area contributed by atoms with Crippen LogP contribution < -0.4 is 27.6 Å². The molecule has 0 aliphatic carbocycles. The Morgan fingerprint density at radius 1 is 0.750 bits per heavy atom. The number of nitrogen functional groups attached to an aromatic ring is 2. The van der Waals surface area contributed by atoms with Crippen molar-refractivity contribution in [2.75, 3.05) is 24.6 Å². The summed E-state index contributed by atoms with van der Waals surface area (Å²) in [7, 11) is -0.365. The molecule has 0 spiro atoms. The van der Waals surface area contributed by atoms with Crippen LogP contribution in [-0.4, -0.2) is 53.2 Å². The van der Waals surface area contributed by atoms with Gasteiger partial charge in [-0.2, -0.15) is 0 Å². The van der Waals surface area contributed by atoms with Crippen molar-refractivity contribution in [1.29, 1.82) is 0 Å². The number of hydrogen-bond acceptors (Lipinski definition) is 8. The number of hydrogen-bond donors (Lipinski definition) is 4. The van der Waals surface area contributed by atoms with Crippen molar-refractivity contribution in [3.8, 4) is 11.1 Å². The van der Waals surface area contributed by atoms with Crippen molar-refractivity contribution in [1.82, 2.24) is 20.6 Å². The lowest BCUT2D eigenvalue weighted by Crippen LogP contribution is -2.41. The monoisotopic (exact) mass is 888 g/mol. The first-order chi connectivity index (χ1) is 22.6. The molecule has 250 valence electrons. The van der Waals surface area contributed by atoms with Crippen molar-refractivity contribution < 1.29 is 18.9 Å². The van der Waals surface area contributed by atoms with Crippen molar-refractivity contribution >= 4 is 90.5 Å². The lowest BCUT2D eigenvalue weighted by molar-refractivity contribution is 0.00578. The minimum absolute atomic E-state index is 0.00622. The van der Waals surface area contributed by atoms with Gasteiger partial charge in [0.25, 0.3) is 11.8 Å². The van der Waals surface area contributed by atoms with E-state index in [9.17, 15) is 9.59 Å². The molecule has 0 atom stereocenters. The van der Waals surface area contributed by atoms with E-state index in [1.807, 2.05) is 76.2 Å². The molecule has 3 aliphatic rings. The lowest BCUT2D eigenvalue weighted by atomic mass is 9.77. The number of amides is 2. The first-order valence-corrected chi connectivity index (χ1v) is 18.0. The van der Waals surface area contributed by atoms with Gasteiger partial charge in [0.1, 0.15) is 11.6 Å². The van der Waals surface area contributed by atoms with Crippen LogP contribution in [0, 0.1) is 3.57 Å². The molecule has 3 aliphatic heterocycles. The Morgan fingerprint density at radius 2 is 1.27 bits per heavy atom. The van der Waals surface area contributed by atoms with Crippen LogP contribution in [0.1, 0.15) is 59.5 Å². The van der Waals surface area contributed by atoms with Crippen LogP contribution in [0.15, 0.2) is 69.9 Å². The number of pyridine rings is 2. The molecule has 2 amide bonds. The number of anilines is 2. The summed E-state index contributed by atoms with van der Waals surface area (Å²) >= 11 is 8.80.